The maximum Gasteiger partial charge on any atom is 0.252 e. The topological polar surface area (TPSA) is 96.5 Å². The summed E-state index contributed by atoms with van der Waals surface area (Å²) in [6.07, 6.45) is 0. The van der Waals surface area contributed by atoms with Crippen molar-refractivity contribution in [3.05, 3.63) is 34.4 Å². The molecule has 2 aromatic heterocycles. The van der Waals surface area contributed by atoms with Crippen LogP contribution in [-0.2, 0) is 0 Å². The summed E-state index contributed by atoms with van der Waals surface area (Å²) in [4.78, 5) is 16.4. The van der Waals surface area contributed by atoms with Gasteiger partial charge in [0.05, 0.1) is 6.04 Å². The molecule has 20 heavy (non-hydrogen) atoms. The molecular formula is C12H15ClN6O. The van der Waals surface area contributed by atoms with Gasteiger partial charge in [-0.15, -0.1) is 10.2 Å². The highest BCUT2D eigenvalue weighted by Crippen LogP contribution is 2.18. The second-order valence-corrected chi connectivity index (χ2v) is 5.11. The van der Waals surface area contributed by atoms with Crippen LogP contribution in [0.5, 0.6) is 0 Å². The summed E-state index contributed by atoms with van der Waals surface area (Å²) in [6, 6.07) is 2.91. The number of nitrogens with zero attached hydrogens (tertiary/aromatic N) is 4. The van der Waals surface area contributed by atoms with Gasteiger partial charge in [0, 0.05) is 11.3 Å². The summed E-state index contributed by atoms with van der Waals surface area (Å²) in [7, 11) is 0. The monoisotopic (exact) mass is 294 g/mol. The van der Waals surface area contributed by atoms with Gasteiger partial charge >= 0.3 is 0 Å². The molecule has 2 heterocycles. The molecule has 0 aliphatic rings. The minimum atomic E-state index is -0.351. The lowest BCUT2D eigenvalue weighted by atomic mass is 10.1. The van der Waals surface area contributed by atoms with E-state index in [-0.39, 0.29) is 17.9 Å². The maximum atomic E-state index is 12.2. The number of carbonyl (C=O) groups is 1. The Kier molecular flexibility index (Phi) is 4.29. The van der Waals surface area contributed by atoms with Gasteiger partial charge in [-0.05, 0) is 25.0 Å². The molecule has 0 radical (unpaired) electrons. The van der Waals surface area contributed by atoms with Gasteiger partial charge in [0.25, 0.3) is 5.91 Å². The quantitative estimate of drug-likeness (QED) is 0.839. The Balaban J connectivity index is 2.17. The first kappa shape index (κ1) is 14.4. The van der Waals surface area contributed by atoms with E-state index in [1.54, 1.807) is 13.0 Å². The summed E-state index contributed by atoms with van der Waals surface area (Å²) < 4.78 is 0. The highest BCUT2D eigenvalue weighted by atomic mass is 35.5. The fourth-order valence-corrected chi connectivity index (χ4v) is 1.86. The van der Waals surface area contributed by atoms with Crippen molar-refractivity contribution in [1.29, 1.82) is 0 Å². The van der Waals surface area contributed by atoms with Crippen LogP contribution in [0, 0.1) is 0 Å². The lowest BCUT2D eigenvalue weighted by Gasteiger charge is -2.12. The predicted octanol–water partition coefficient (Wildman–Crippen LogP) is 1.86. The van der Waals surface area contributed by atoms with Crippen molar-refractivity contribution in [2.75, 3.05) is 0 Å². The molecule has 0 aliphatic carbocycles. The first-order valence-corrected chi connectivity index (χ1v) is 6.57. The van der Waals surface area contributed by atoms with E-state index < -0.39 is 0 Å². The molecule has 8 heteroatoms. The number of rotatable bonds is 4. The number of carbonyl (C=O) groups excluding carboxylic acids is 1. The molecule has 0 bridgehead atoms. The van der Waals surface area contributed by atoms with Crippen LogP contribution in [0.3, 0.4) is 0 Å². The Bertz CT molecular complexity index is 598. The van der Waals surface area contributed by atoms with E-state index in [4.69, 9.17) is 11.6 Å². The SMILES string of the molecule is CC(C)c1cc(C(=O)NC(C)c2nn[nH]n2)cc(Cl)n1. The van der Waals surface area contributed by atoms with Crippen molar-refractivity contribution in [3.8, 4) is 0 Å². The van der Waals surface area contributed by atoms with Crippen LogP contribution >= 0.6 is 11.6 Å². The van der Waals surface area contributed by atoms with Crippen molar-refractivity contribution >= 4 is 17.5 Å². The van der Waals surface area contributed by atoms with Gasteiger partial charge in [0.15, 0.2) is 5.82 Å². The molecule has 0 saturated heterocycles. The maximum absolute atomic E-state index is 12.2. The van der Waals surface area contributed by atoms with Crippen LogP contribution in [0.25, 0.3) is 0 Å². The highest BCUT2D eigenvalue weighted by Gasteiger charge is 2.16. The van der Waals surface area contributed by atoms with Crippen molar-refractivity contribution in [1.82, 2.24) is 30.9 Å². The van der Waals surface area contributed by atoms with Gasteiger partial charge in [-0.2, -0.15) is 5.21 Å². The van der Waals surface area contributed by atoms with E-state index in [0.717, 1.165) is 5.69 Å². The number of tetrazole rings is 1. The Morgan fingerprint density at radius 3 is 2.70 bits per heavy atom. The van der Waals surface area contributed by atoms with E-state index in [1.165, 1.54) is 6.07 Å². The molecule has 1 unspecified atom stereocenters. The third-order valence-electron chi connectivity index (χ3n) is 2.76. The number of hydrogen-bond donors (Lipinski definition) is 2. The van der Waals surface area contributed by atoms with Crippen molar-refractivity contribution in [3.63, 3.8) is 0 Å². The van der Waals surface area contributed by atoms with Crippen LogP contribution in [0.2, 0.25) is 5.15 Å². The third-order valence-corrected chi connectivity index (χ3v) is 2.96. The number of amides is 1. The number of H-pyrrole nitrogens is 1. The number of aromatic nitrogens is 5. The molecule has 2 rings (SSSR count). The molecule has 1 atom stereocenters. The van der Waals surface area contributed by atoms with Crippen molar-refractivity contribution in [2.24, 2.45) is 0 Å². The molecule has 0 fully saturated rings. The molecular weight excluding hydrogens is 280 g/mol. The zero-order valence-corrected chi connectivity index (χ0v) is 12.1. The van der Waals surface area contributed by atoms with Crippen LogP contribution in [-0.4, -0.2) is 31.5 Å². The fourth-order valence-electron chi connectivity index (χ4n) is 1.64. The second kappa shape index (κ2) is 5.96. The number of pyridine rings is 1. The summed E-state index contributed by atoms with van der Waals surface area (Å²) >= 11 is 5.94. The molecule has 106 valence electrons. The van der Waals surface area contributed by atoms with Crippen LogP contribution in [0.15, 0.2) is 12.1 Å². The van der Waals surface area contributed by atoms with Gasteiger partial charge in [-0.25, -0.2) is 4.98 Å². The van der Waals surface area contributed by atoms with Gasteiger partial charge in [0.2, 0.25) is 0 Å². The van der Waals surface area contributed by atoms with E-state index in [1.807, 2.05) is 13.8 Å². The van der Waals surface area contributed by atoms with E-state index in [2.05, 4.69) is 30.9 Å². The van der Waals surface area contributed by atoms with Crippen molar-refractivity contribution in [2.45, 2.75) is 32.7 Å². The molecule has 0 aromatic carbocycles. The normalized spacial score (nSPS) is 12.4. The molecule has 0 spiro atoms. The largest absolute Gasteiger partial charge is 0.342 e. The van der Waals surface area contributed by atoms with E-state index >= 15 is 0 Å². The molecule has 2 aromatic rings. The molecule has 0 saturated carbocycles. The Morgan fingerprint density at radius 1 is 1.35 bits per heavy atom. The predicted molar refractivity (Wildman–Crippen MR) is 73.4 cm³/mol. The van der Waals surface area contributed by atoms with Gasteiger partial charge in [-0.1, -0.05) is 30.7 Å². The Morgan fingerprint density at radius 2 is 2.10 bits per heavy atom. The second-order valence-electron chi connectivity index (χ2n) is 4.72. The zero-order valence-electron chi connectivity index (χ0n) is 11.4. The number of aromatic amines is 1. The van der Waals surface area contributed by atoms with Gasteiger partial charge < -0.3 is 5.32 Å². The average molecular weight is 295 g/mol. The number of halogens is 1. The van der Waals surface area contributed by atoms with Crippen LogP contribution < -0.4 is 5.32 Å². The Hall–Kier alpha value is -2.02. The van der Waals surface area contributed by atoms with Gasteiger partial charge in [0.1, 0.15) is 5.15 Å². The summed E-state index contributed by atoms with van der Waals surface area (Å²) in [5.41, 5.74) is 1.24. The zero-order chi connectivity index (χ0) is 14.7. The van der Waals surface area contributed by atoms with E-state index in [0.29, 0.717) is 16.5 Å². The average Bonchev–Trinajstić information content (AvgIpc) is 2.91. The smallest absolute Gasteiger partial charge is 0.252 e. The Labute approximate surface area is 121 Å². The standard InChI is InChI=1S/C12H15ClN6O/c1-6(2)9-4-8(5-10(13)15-9)12(20)14-7(3)11-16-18-19-17-11/h4-7H,1-3H3,(H,14,20)(H,16,17,18,19). The lowest BCUT2D eigenvalue weighted by molar-refractivity contribution is 0.0938. The molecule has 1 amide bonds. The van der Waals surface area contributed by atoms with Gasteiger partial charge in [-0.3, -0.25) is 4.79 Å². The summed E-state index contributed by atoms with van der Waals surface area (Å²) in [5.74, 6) is 0.353. The summed E-state index contributed by atoms with van der Waals surface area (Å²) in [6.45, 7) is 5.75. The summed E-state index contributed by atoms with van der Waals surface area (Å²) in [5, 5.41) is 16.5. The molecule has 0 aliphatic heterocycles. The number of hydrogen-bond acceptors (Lipinski definition) is 5. The first-order valence-electron chi connectivity index (χ1n) is 6.19. The minimum Gasteiger partial charge on any atom is -0.342 e. The van der Waals surface area contributed by atoms with Crippen LogP contribution in [0.4, 0.5) is 0 Å². The minimum absolute atomic E-state index is 0.190. The fraction of sp³-hybridized carbons (Fsp3) is 0.417. The first-order chi connectivity index (χ1) is 9.47. The van der Waals surface area contributed by atoms with Crippen LogP contribution in [0.1, 0.15) is 54.6 Å². The third kappa shape index (κ3) is 3.30. The molecule has 2 N–H and O–H groups in total. The van der Waals surface area contributed by atoms with Crippen molar-refractivity contribution < 1.29 is 4.79 Å². The highest BCUT2D eigenvalue weighted by molar-refractivity contribution is 6.29. The lowest BCUT2D eigenvalue weighted by Crippen LogP contribution is -2.27. The number of nitrogens with one attached hydrogen (secondary N) is 2. The molecule has 7 nitrogen and oxygen atoms in total. The van der Waals surface area contributed by atoms with E-state index in [9.17, 15) is 4.79 Å².